The number of fused-ring (bicyclic) bond motifs is 1. The minimum Gasteiger partial charge on any atom is -0.459 e. The van der Waals surface area contributed by atoms with E-state index in [0.29, 0.717) is 45.6 Å². The molecule has 1 unspecified atom stereocenters. The first kappa shape index (κ1) is 21.3. The summed E-state index contributed by atoms with van der Waals surface area (Å²) in [5, 5.41) is 1.07. The number of carbonyl (C=O) groups excluding carboxylic acids is 3. The van der Waals surface area contributed by atoms with Crippen molar-refractivity contribution in [2.24, 2.45) is 0 Å². The van der Waals surface area contributed by atoms with Gasteiger partial charge in [-0.15, -0.1) is 0 Å². The number of piperidine rings is 1. The van der Waals surface area contributed by atoms with Gasteiger partial charge in [0.15, 0.2) is 5.76 Å². The lowest BCUT2D eigenvalue weighted by Crippen LogP contribution is -2.57. The standard InChI is InChI=1S/C25H28N4O4/c30-23(16-18-17-26-20-7-2-1-6-19(18)20)27-11-13-28(14-12-27)24(31)21-8-3-4-10-29(21)25(32)22-9-5-15-33-22/h1-2,5-7,9,15,17,21,26H,3-4,8,10-14,16H2. The summed E-state index contributed by atoms with van der Waals surface area (Å²) in [7, 11) is 0. The second-order valence-electron chi connectivity index (χ2n) is 8.73. The summed E-state index contributed by atoms with van der Waals surface area (Å²) < 4.78 is 5.27. The van der Waals surface area contributed by atoms with Crippen LogP contribution in [0.1, 0.15) is 35.4 Å². The molecule has 2 saturated heterocycles. The van der Waals surface area contributed by atoms with E-state index in [9.17, 15) is 14.4 Å². The third-order valence-corrected chi connectivity index (χ3v) is 6.74. The van der Waals surface area contributed by atoms with Crippen LogP contribution in [-0.4, -0.2) is 76.2 Å². The molecule has 1 aromatic carbocycles. The number of para-hydroxylation sites is 1. The van der Waals surface area contributed by atoms with E-state index in [-0.39, 0.29) is 23.5 Å². The molecule has 0 spiro atoms. The van der Waals surface area contributed by atoms with Crippen molar-refractivity contribution >= 4 is 28.6 Å². The Kier molecular flexibility index (Phi) is 5.90. The second-order valence-corrected chi connectivity index (χ2v) is 8.73. The fourth-order valence-electron chi connectivity index (χ4n) is 4.91. The van der Waals surface area contributed by atoms with Crippen LogP contribution in [0, 0.1) is 0 Å². The monoisotopic (exact) mass is 448 g/mol. The molecule has 2 aliphatic rings. The third kappa shape index (κ3) is 4.25. The van der Waals surface area contributed by atoms with Gasteiger partial charge in [-0.1, -0.05) is 18.2 Å². The van der Waals surface area contributed by atoms with Crippen LogP contribution in [0.5, 0.6) is 0 Å². The SMILES string of the molecule is O=C(Cc1c[nH]c2ccccc12)N1CCN(C(=O)C2CCCCN2C(=O)c2ccco2)CC1. The summed E-state index contributed by atoms with van der Waals surface area (Å²) in [6.45, 7) is 2.53. The molecule has 3 aromatic rings. The number of furan rings is 1. The summed E-state index contributed by atoms with van der Waals surface area (Å²) in [6, 6.07) is 10.8. The fraction of sp³-hybridized carbons (Fsp3) is 0.400. The van der Waals surface area contributed by atoms with Gasteiger partial charge in [-0.2, -0.15) is 0 Å². The number of nitrogens with one attached hydrogen (secondary N) is 1. The molecule has 0 bridgehead atoms. The summed E-state index contributed by atoms with van der Waals surface area (Å²) in [5.74, 6) is 0.0745. The van der Waals surface area contributed by atoms with Crippen LogP contribution in [-0.2, 0) is 16.0 Å². The third-order valence-electron chi connectivity index (χ3n) is 6.74. The van der Waals surface area contributed by atoms with Crippen molar-refractivity contribution in [2.75, 3.05) is 32.7 Å². The zero-order chi connectivity index (χ0) is 22.8. The van der Waals surface area contributed by atoms with Gasteiger partial charge in [0.1, 0.15) is 6.04 Å². The van der Waals surface area contributed by atoms with Crippen LogP contribution in [0.25, 0.3) is 10.9 Å². The van der Waals surface area contributed by atoms with E-state index < -0.39 is 6.04 Å². The van der Waals surface area contributed by atoms with Crippen molar-refractivity contribution in [1.82, 2.24) is 19.7 Å². The summed E-state index contributed by atoms with van der Waals surface area (Å²) >= 11 is 0. The van der Waals surface area contributed by atoms with Crippen LogP contribution in [0.4, 0.5) is 0 Å². The van der Waals surface area contributed by atoms with Crippen molar-refractivity contribution in [3.8, 4) is 0 Å². The summed E-state index contributed by atoms with van der Waals surface area (Å²) in [4.78, 5) is 47.6. The number of benzene rings is 1. The number of piperazine rings is 1. The van der Waals surface area contributed by atoms with Crippen LogP contribution in [0.15, 0.2) is 53.3 Å². The lowest BCUT2D eigenvalue weighted by molar-refractivity contribution is -0.143. The number of rotatable bonds is 4. The number of aromatic nitrogens is 1. The van der Waals surface area contributed by atoms with E-state index in [1.807, 2.05) is 35.4 Å². The van der Waals surface area contributed by atoms with E-state index >= 15 is 0 Å². The molecule has 0 radical (unpaired) electrons. The minimum atomic E-state index is -0.468. The van der Waals surface area contributed by atoms with Gasteiger partial charge in [-0.05, 0) is 43.0 Å². The van der Waals surface area contributed by atoms with E-state index in [2.05, 4.69) is 4.98 Å². The highest BCUT2D eigenvalue weighted by atomic mass is 16.3. The zero-order valence-electron chi connectivity index (χ0n) is 18.5. The van der Waals surface area contributed by atoms with Crippen LogP contribution < -0.4 is 0 Å². The quantitative estimate of drug-likeness (QED) is 0.665. The number of H-pyrrole nitrogens is 1. The van der Waals surface area contributed by atoms with E-state index in [4.69, 9.17) is 4.42 Å². The Hall–Kier alpha value is -3.55. The van der Waals surface area contributed by atoms with Gasteiger partial charge < -0.3 is 24.1 Å². The molecule has 172 valence electrons. The molecule has 8 heteroatoms. The van der Waals surface area contributed by atoms with Gasteiger partial charge in [0, 0.05) is 49.8 Å². The Labute approximate surface area is 192 Å². The summed E-state index contributed by atoms with van der Waals surface area (Å²) in [6.07, 6.45) is 6.17. The maximum absolute atomic E-state index is 13.3. The second kappa shape index (κ2) is 9.13. The number of likely N-dealkylation sites (tertiary alicyclic amines) is 1. The highest BCUT2D eigenvalue weighted by molar-refractivity contribution is 5.96. The van der Waals surface area contributed by atoms with Crippen molar-refractivity contribution < 1.29 is 18.8 Å². The van der Waals surface area contributed by atoms with Gasteiger partial charge >= 0.3 is 0 Å². The molecule has 33 heavy (non-hydrogen) atoms. The molecular formula is C25H28N4O4. The average molecular weight is 449 g/mol. The fourth-order valence-corrected chi connectivity index (χ4v) is 4.91. The number of carbonyl (C=O) groups is 3. The van der Waals surface area contributed by atoms with E-state index in [0.717, 1.165) is 29.3 Å². The predicted octanol–water partition coefficient (Wildman–Crippen LogP) is 2.67. The smallest absolute Gasteiger partial charge is 0.290 e. The van der Waals surface area contributed by atoms with Crippen molar-refractivity contribution in [2.45, 2.75) is 31.7 Å². The van der Waals surface area contributed by atoms with Crippen LogP contribution in [0.2, 0.25) is 0 Å². The summed E-state index contributed by atoms with van der Waals surface area (Å²) in [5.41, 5.74) is 2.01. The predicted molar refractivity (Wildman–Crippen MR) is 123 cm³/mol. The van der Waals surface area contributed by atoms with Crippen molar-refractivity contribution in [3.63, 3.8) is 0 Å². The van der Waals surface area contributed by atoms with Crippen molar-refractivity contribution in [1.29, 1.82) is 0 Å². The number of nitrogens with zero attached hydrogens (tertiary/aromatic N) is 3. The Morgan fingerprint density at radius 3 is 2.52 bits per heavy atom. The molecular weight excluding hydrogens is 420 g/mol. The van der Waals surface area contributed by atoms with E-state index in [1.54, 1.807) is 21.9 Å². The molecule has 1 N–H and O–H groups in total. The van der Waals surface area contributed by atoms with Gasteiger partial charge in [0.05, 0.1) is 12.7 Å². The molecule has 5 rings (SSSR count). The van der Waals surface area contributed by atoms with Gasteiger partial charge in [0.25, 0.3) is 5.91 Å². The molecule has 4 heterocycles. The highest BCUT2D eigenvalue weighted by Gasteiger charge is 2.37. The van der Waals surface area contributed by atoms with Gasteiger partial charge in [-0.3, -0.25) is 14.4 Å². The Morgan fingerprint density at radius 1 is 0.939 bits per heavy atom. The lowest BCUT2D eigenvalue weighted by atomic mass is 10.00. The maximum Gasteiger partial charge on any atom is 0.290 e. The Balaban J connectivity index is 1.19. The number of aromatic amines is 1. The molecule has 0 aliphatic carbocycles. The number of hydrogen-bond donors (Lipinski definition) is 1. The van der Waals surface area contributed by atoms with Crippen molar-refractivity contribution in [3.05, 3.63) is 60.2 Å². The van der Waals surface area contributed by atoms with Gasteiger partial charge in [0.2, 0.25) is 11.8 Å². The van der Waals surface area contributed by atoms with Crippen LogP contribution >= 0.6 is 0 Å². The van der Waals surface area contributed by atoms with E-state index in [1.165, 1.54) is 6.26 Å². The molecule has 0 saturated carbocycles. The maximum atomic E-state index is 13.3. The Bertz CT molecular complexity index is 1140. The lowest BCUT2D eigenvalue weighted by Gasteiger charge is -2.40. The molecule has 8 nitrogen and oxygen atoms in total. The zero-order valence-corrected chi connectivity index (χ0v) is 18.5. The molecule has 3 amide bonds. The van der Waals surface area contributed by atoms with Gasteiger partial charge in [-0.25, -0.2) is 0 Å². The number of amides is 3. The molecule has 2 fully saturated rings. The molecule has 1 atom stereocenters. The first-order valence-electron chi connectivity index (χ1n) is 11.6. The first-order valence-corrected chi connectivity index (χ1v) is 11.6. The normalized spacial score (nSPS) is 19.2. The van der Waals surface area contributed by atoms with Crippen LogP contribution in [0.3, 0.4) is 0 Å². The Morgan fingerprint density at radius 2 is 1.73 bits per heavy atom. The highest BCUT2D eigenvalue weighted by Crippen LogP contribution is 2.23. The molecule has 2 aliphatic heterocycles. The minimum absolute atomic E-state index is 0.0293. The topological polar surface area (TPSA) is 89.9 Å². The first-order chi connectivity index (χ1) is 16.1. The number of hydrogen-bond acceptors (Lipinski definition) is 4. The molecule has 2 aromatic heterocycles. The average Bonchev–Trinajstić information content (AvgIpc) is 3.54. The largest absolute Gasteiger partial charge is 0.459 e.